The van der Waals surface area contributed by atoms with Crippen molar-refractivity contribution in [1.82, 2.24) is 15.1 Å². The number of rotatable bonds is 3. The first-order valence-corrected chi connectivity index (χ1v) is 8.77. The fraction of sp³-hybridized carbons (Fsp3) is 0.333. The molecule has 0 aromatic heterocycles. The second-order valence-corrected chi connectivity index (χ2v) is 6.91. The van der Waals surface area contributed by atoms with Crippen molar-refractivity contribution in [3.8, 4) is 0 Å². The number of nitrogens with zero attached hydrogens (tertiary/aromatic N) is 2. The standard InChI is InChI=1S/C18H20BrN3O2.ClH/c1-21(12-17(23)22-8-6-20-7-9-22)18(24)15-3-2-14-11-16(19)5-4-13(14)10-15;/h2-5,10-11,20H,6-9,12H2,1H3;1H. The third-order valence-electron chi connectivity index (χ3n) is 4.24. The number of benzene rings is 2. The molecule has 5 nitrogen and oxygen atoms in total. The van der Waals surface area contributed by atoms with Gasteiger partial charge >= 0.3 is 0 Å². The summed E-state index contributed by atoms with van der Waals surface area (Å²) >= 11 is 3.45. The smallest absolute Gasteiger partial charge is 0.254 e. The quantitative estimate of drug-likeness (QED) is 0.820. The van der Waals surface area contributed by atoms with Gasteiger partial charge in [-0.25, -0.2) is 0 Å². The molecular weight excluding hydrogens is 406 g/mol. The minimum absolute atomic E-state index is 0. The van der Waals surface area contributed by atoms with Crippen molar-refractivity contribution in [2.24, 2.45) is 0 Å². The lowest BCUT2D eigenvalue weighted by Gasteiger charge is -2.29. The molecule has 134 valence electrons. The summed E-state index contributed by atoms with van der Waals surface area (Å²) < 4.78 is 1.01. The van der Waals surface area contributed by atoms with Gasteiger partial charge in [0, 0.05) is 43.3 Å². The van der Waals surface area contributed by atoms with E-state index in [0.29, 0.717) is 18.7 Å². The van der Waals surface area contributed by atoms with Crippen LogP contribution in [0.2, 0.25) is 0 Å². The predicted octanol–water partition coefficient (Wildman–Crippen LogP) is 2.53. The average molecular weight is 427 g/mol. The summed E-state index contributed by atoms with van der Waals surface area (Å²) in [5, 5.41) is 5.29. The third-order valence-corrected chi connectivity index (χ3v) is 4.73. The fourth-order valence-corrected chi connectivity index (χ4v) is 3.24. The summed E-state index contributed by atoms with van der Waals surface area (Å²) in [5.74, 6) is -0.139. The summed E-state index contributed by atoms with van der Waals surface area (Å²) in [6.07, 6.45) is 0. The SMILES string of the molecule is CN(CC(=O)N1CCNCC1)C(=O)c1ccc2cc(Br)ccc2c1.Cl. The number of hydrogen-bond acceptors (Lipinski definition) is 3. The Morgan fingerprint density at radius 1 is 1.12 bits per heavy atom. The maximum absolute atomic E-state index is 12.6. The Kier molecular flexibility index (Phi) is 6.81. The zero-order valence-corrected chi connectivity index (χ0v) is 16.4. The molecule has 7 heteroatoms. The number of piperazine rings is 1. The monoisotopic (exact) mass is 425 g/mol. The van der Waals surface area contributed by atoms with E-state index in [4.69, 9.17) is 0 Å². The van der Waals surface area contributed by atoms with Crippen molar-refractivity contribution in [2.45, 2.75) is 0 Å². The van der Waals surface area contributed by atoms with Crippen molar-refractivity contribution >= 4 is 50.9 Å². The number of fused-ring (bicyclic) bond motifs is 1. The van der Waals surface area contributed by atoms with Crippen LogP contribution in [0.4, 0.5) is 0 Å². The molecule has 2 amide bonds. The molecule has 1 N–H and O–H groups in total. The molecule has 0 spiro atoms. The lowest BCUT2D eigenvalue weighted by Crippen LogP contribution is -2.49. The highest BCUT2D eigenvalue weighted by Crippen LogP contribution is 2.21. The van der Waals surface area contributed by atoms with Crippen LogP contribution in [0.15, 0.2) is 40.9 Å². The second-order valence-electron chi connectivity index (χ2n) is 6.00. The zero-order chi connectivity index (χ0) is 17.1. The number of amides is 2. The Balaban J connectivity index is 0.00000225. The van der Waals surface area contributed by atoms with Crippen LogP contribution in [-0.4, -0.2) is 61.4 Å². The fourth-order valence-electron chi connectivity index (χ4n) is 2.86. The third kappa shape index (κ3) is 4.71. The van der Waals surface area contributed by atoms with E-state index in [1.165, 1.54) is 4.90 Å². The van der Waals surface area contributed by atoms with Crippen LogP contribution in [0, 0.1) is 0 Å². The lowest BCUT2D eigenvalue weighted by molar-refractivity contribution is -0.132. The molecule has 25 heavy (non-hydrogen) atoms. The van der Waals surface area contributed by atoms with Crippen molar-refractivity contribution in [1.29, 1.82) is 0 Å². The van der Waals surface area contributed by atoms with Gasteiger partial charge in [0.15, 0.2) is 0 Å². The molecular formula is C18H21BrClN3O2. The van der Waals surface area contributed by atoms with Crippen LogP contribution < -0.4 is 5.32 Å². The first-order valence-electron chi connectivity index (χ1n) is 7.98. The van der Waals surface area contributed by atoms with Crippen LogP contribution in [0.5, 0.6) is 0 Å². The summed E-state index contributed by atoms with van der Waals surface area (Å²) in [7, 11) is 1.67. The van der Waals surface area contributed by atoms with Gasteiger partial charge in [0.05, 0.1) is 6.54 Å². The highest BCUT2D eigenvalue weighted by atomic mass is 79.9. The van der Waals surface area contributed by atoms with Gasteiger partial charge < -0.3 is 15.1 Å². The van der Waals surface area contributed by atoms with Gasteiger partial charge in [-0.3, -0.25) is 9.59 Å². The molecule has 0 unspecified atom stereocenters. The minimum Gasteiger partial charge on any atom is -0.339 e. The summed E-state index contributed by atoms with van der Waals surface area (Å²) in [6.45, 7) is 3.13. The molecule has 1 heterocycles. The minimum atomic E-state index is -0.136. The Morgan fingerprint density at radius 2 is 1.76 bits per heavy atom. The average Bonchev–Trinajstić information content (AvgIpc) is 2.61. The van der Waals surface area contributed by atoms with E-state index in [1.807, 2.05) is 36.4 Å². The van der Waals surface area contributed by atoms with Gasteiger partial charge in [0.25, 0.3) is 5.91 Å². The van der Waals surface area contributed by atoms with Crippen LogP contribution in [0.25, 0.3) is 10.8 Å². The van der Waals surface area contributed by atoms with Gasteiger partial charge in [0.1, 0.15) is 0 Å². The summed E-state index contributed by atoms with van der Waals surface area (Å²) in [5.41, 5.74) is 0.598. The number of nitrogens with one attached hydrogen (secondary N) is 1. The van der Waals surface area contributed by atoms with E-state index >= 15 is 0 Å². The topological polar surface area (TPSA) is 52.7 Å². The van der Waals surface area contributed by atoms with Crippen LogP contribution in [0.3, 0.4) is 0 Å². The number of carbonyl (C=O) groups is 2. The van der Waals surface area contributed by atoms with E-state index in [-0.39, 0.29) is 30.8 Å². The predicted molar refractivity (Wildman–Crippen MR) is 105 cm³/mol. The normalized spacial score (nSPS) is 14.1. The first kappa shape index (κ1) is 19.7. The van der Waals surface area contributed by atoms with Crippen molar-refractivity contribution in [2.75, 3.05) is 39.8 Å². The van der Waals surface area contributed by atoms with E-state index in [9.17, 15) is 9.59 Å². The number of hydrogen-bond donors (Lipinski definition) is 1. The number of halogens is 2. The van der Waals surface area contributed by atoms with Gasteiger partial charge in [-0.05, 0) is 35.0 Å². The highest BCUT2D eigenvalue weighted by Gasteiger charge is 2.20. The van der Waals surface area contributed by atoms with Gasteiger partial charge in [-0.2, -0.15) is 0 Å². The van der Waals surface area contributed by atoms with E-state index < -0.39 is 0 Å². The molecule has 0 aliphatic carbocycles. The van der Waals surface area contributed by atoms with E-state index in [2.05, 4.69) is 21.2 Å². The molecule has 1 aliphatic heterocycles. The molecule has 0 bridgehead atoms. The highest BCUT2D eigenvalue weighted by molar-refractivity contribution is 9.10. The zero-order valence-electron chi connectivity index (χ0n) is 14.0. The molecule has 2 aromatic rings. The first-order chi connectivity index (χ1) is 11.5. The Bertz CT molecular complexity index is 778. The van der Waals surface area contributed by atoms with Crippen molar-refractivity contribution in [3.05, 3.63) is 46.4 Å². The molecule has 1 aliphatic rings. The summed E-state index contributed by atoms with van der Waals surface area (Å²) in [6, 6.07) is 11.6. The largest absolute Gasteiger partial charge is 0.339 e. The Hall–Kier alpha value is -1.63. The van der Waals surface area contributed by atoms with Crippen molar-refractivity contribution in [3.63, 3.8) is 0 Å². The van der Waals surface area contributed by atoms with Crippen LogP contribution in [-0.2, 0) is 4.79 Å². The molecule has 0 atom stereocenters. The molecule has 0 radical (unpaired) electrons. The molecule has 1 saturated heterocycles. The lowest BCUT2D eigenvalue weighted by atomic mass is 10.1. The number of likely N-dealkylation sites (N-methyl/N-ethyl adjacent to an activating group) is 1. The Labute approximate surface area is 161 Å². The molecule has 2 aromatic carbocycles. The molecule has 3 rings (SSSR count). The van der Waals surface area contributed by atoms with Crippen molar-refractivity contribution < 1.29 is 9.59 Å². The van der Waals surface area contributed by atoms with Gasteiger partial charge in [0.2, 0.25) is 5.91 Å². The number of carbonyl (C=O) groups excluding carboxylic acids is 2. The maximum atomic E-state index is 12.6. The summed E-state index contributed by atoms with van der Waals surface area (Å²) in [4.78, 5) is 28.2. The Morgan fingerprint density at radius 3 is 2.48 bits per heavy atom. The second kappa shape index (κ2) is 8.65. The van der Waals surface area contributed by atoms with Gasteiger partial charge in [-0.1, -0.05) is 28.1 Å². The molecule has 1 fully saturated rings. The van der Waals surface area contributed by atoms with E-state index in [1.54, 1.807) is 11.9 Å². The van der Waals surface area contributed by atoms with Crippen LogP contribution >= 0.6 is 28.3 Å². The van der Waals surface area contributed by atoms with Gasteiger partial charge in [-0.15, -0.1) is 12.4 Å². The maximum Gasteiger partial charge on any atom is 0.254 e. The van der Waals surface area contributed by atoms with E-state index in [0.717, 1.165) is 28.3 Å². The molecule has 0 saturated carbocycles. The van der Waals surface area contributed by atoms with Crippen LogP contribution in [0.1, 0.15) is 10.4 Å².